The van der Waals surface area contributed by atoms with Gasteiger partial charge in [0.05, 0.1) is 5.02 Å². The molecular formula is C10H6ClF3O5S. The van der Waals surface area contributed by atoms with Gasteiger partial charge < -0.3 is 9.29 Å². The Hall–Kier alpha value is -1.74. The lowest BCUT2D eigenvalue weighted by Gasteiger charge is -2.10. The van der Waals surface area contributed by atoms with Crippen LogP contribution in [-0.4, -0.2) is 25.0 Å². The molecule has 0 saturated carbocycles. The number of halogens is 4. The van der Waals surface area contributed by atoms with Gasteiger partial charge in [-0.05, 0) is 23.8 Å². The minimum Gasteiger partial charge on any atom is -0.478 e. The molecule has 1 rings (SSSR count). The number of hydrogen-bond acceptors (Lipinski definition) is 4. The first-order valence-corrected chi connectivity index (χ1v) is 6.53. The van der Waals surface area contributed by atoms with E-state index in [1.54, 1.807) is 0 Å². The highest BCUT2D eigenvalue weighted by molar-refractivity contribution is 7.88. The van der Waals surface area contributed by atoms with Gasteiger partial charge in [0.25, 0.3) is 0 Å². The van der Waals surface area contributed by atoms with Gasteiger partial charge in [0.2, 0.25) is 0 Å². The molecule has 20 heavy (non-hydrogen) atoms. The predicted octanol–water partition coefficient (Wildman–Crippen LogP) is 2.67. The van der Waals surface area contributed by atoms with Gasteiger partial charge in [-0.1, -0.05) is 17.7 Å². The van der Waals surface area contributed by atoms with Crippen molar-refractivity contribution in [1.82, 2.24) is 0 Å². The minimum atomic E-state index is -5.81. The second-order valence-electron chi connectivity index (χ2n) is 3.34. The Kier molecular flexibility index (Phi) is 4.66. The third-order valence-electron chi connectivity index (χ3n) is 1.86. The van der Waals surface area contributed by atoms with Crippen LogP contribution >= 0.6 is 11.6 Å². The summed E-state index contributed by atoms with van der Waals surface area (Å²) in [6.07, 6.45) is 1.90. The zero-order chi connectivity index (χ0) is 15.6. The van der Waals surface area contributed by atoms with Crippen LogP contribution < -0.4 is 4.18 Å². The Bertz CT molecular complexity index is 651. The lowest BCUT2D eigenvalue weighted by atomic mass is 10.2. The number of carboxylic acid groups (broad SMARTS) is 1. The number of alkyl halides is 3. The number of carboxylic acids is 1. The van der Waals surface area contributed by atoms with Gasteiger partial charge in [-0.15, -0.1) is 0 Å². The molecule has 0 radical (unpaired) electrons. The lowest BCUT2D eigenvalue weighted by Crippen LogP contribution is -2.28. The maximum absolute atomic E-state index is 12.1. The molecule has 0 fully saturated rings. The highest BCUT2D eigenvalue weighted by Crippen LogP contribution is 2.32. The number of benzene rings is 1. The van der Waals surface area contributed by atoms with Gasteiger partial charge in [0.1, 0.15) is 0 Å². The van der Waals surface area contributed by atoms with Crippen LogP contribution in [0.15, 0.2) is 24.3 Å². The highest BCUT2D eigenvalue weighted by Gasteiger charge is 2.48. The number of carbonyl (C=O) groups is 1. The van der Waals surface area contributed by atoms with Gasteiger partial charge in [-0.3, -0.25) is 0 Å². The summed E-state index contributed by atoms with van der Waals surface area (Å²) >= 11 is 5.56. The van der Waals surface area contributed by atoms with Crippen LogP contribution in [0.3, 0.4) is 0 Å². The normalized spacial score (nSPS) is 12.6. The van der Waals surface area contributed by atoms with Crippen LogP contribution in [-0.2, 0) is 14.9 Å². The smallest absolute Gasteiger partial charge is 0.478 e. The van der Waals surface area contributed by atoms with Crippen molar-refractivity contribution in [3.63, 3.8) is 0 Å². The Morgan fingerprint density at radius 2 is 1.95 bits per heavy atom. The number of aliphatic carboxylic acids is 1. The molecule has 1 aromatic rings. The van der Waals surface area contributed by atoms with Gasteiger partial charge >= 0.3 is 21.6 Å². The fourth-order valence-electron chi connectivity index (χ4n) is 1.02. The van der Waals surface area contributed by atoms with Crippen LogP contribution in [0.2, 0.25) is 5.02 Å². The van der Waals surface area contributed by atoms with E-state index < -0.39 is 32.4 Å². The molecule has 0 unspecified atom stereocenters. The molecule has 0 atom stereocenters. The first kappa shape index (κ1) is 16.3. The van der Waals surface area contributed by atoms with Gasteiger partial charge in [0.15, 0.2) is 5.75 Å². The first-order valence-electron chi connectivity index (χ1n) is 4.74. The van der Waals surface area contributed by atoms with Crippen molar-refractivity contribution in [3.8, 4) is 5.75 Å². The quantitative estimate of drug-likeness (QED) is 0.521. The van der Waals surface area contributed by atoms with Crippen molar-refractivity contribution >= 4 is 33.8 Å². The Morgan fingerprint density at radius 1 is 1.35 bits per heavy atom. The van der Waals surface area contributed by atoms with E-state index in [2.05, 4.69) is 4.18 Å². The van der Waals surface area contributed by atoms with E-state index in [0.29, 0.717) is 0 Å². The summed E-state index contributed by atoms with van der Waals surface area (Å²) in [5.41, 5.74) is -5.33. The summed E-state index contributed by atoms with van der Waals surface area (Å²) in [6.45, 7) is 0. The maximum atomic E-state index is 12.1. The van der Waals surface area contributed by atoms with E-state index in [0.717, 1.165) is 30.4 Å². The minimum absolute atomic E-state index is 0.245. The van der Waals surface area contributed by atoms with Crippen molar-refractivity contribution in [2.75, 3.05) is 0 Å². The molecule has 110 valence electrons. The summed E-state index contributed by atoms with van der Waals surface area (Å²) in [5.74, 6) is -1.95. The van der Waals surface area contributed by atoms with Crippen molar-refractivity contribution in [1.29, 1.82) is 0 Å². The van der Waals surface area contributed by atoms with E-state index in [1.165, 1.54) is 0 Å². The van der Waals surface area contributed by atoms with Crippen LogP contribution in [0.25, 0.3) is 6.08 Å². The molecular weight excluding hydrogens is 325 g/mol. The average molecular weight is 331 g/mol. The molecule has 0 aliphatic heterocycles. The molecule has 5 nitrogen and oxygen atoms in total. The second-order valence-corrected chi connectivity index (χ2v) is 5.29. The molecule has 0 bridgehead atoms. The van der Waals surface area contributed by atoms with Crippen LogP contribution in [0.4, 0.5) is 13.2 Å². The SMILES string of the molecule is O=C(O)/C=C/c1ccc(OS(=O)(=O)C(F)(F)F)c(Cl)c1. The van der Waals surface area contributed by atoms with Crippen molar-refractivity contribution < 1.29 is 35.7 Å². The van der Waals surface area contributed by atoms with E-state index in [9.17, 15) is 26.4 Å². The van der Waals surface area contributed by atoms with Gasteiger partial charge in [-0.2, -0.15) is 21.6 Å². The summed E-state index contributed by atoms with van der Waals surface area (Å²) in [4.78, 5) is 10.3. The van der Waals surface area contributed by atoms with Crippen LogP contribution in [0.1, 0.15) is 5.56 Å². The molecule has 0 aromatic heterocycles. The molecule has 0 spiro atoms. The van der Waals surface area contributed by atoms with Crippen LogP contribution in [0.5, 0.6) is 5.75 Å². The van der Waals surface area contributed by atoms with E-state index in [-0.39, 0.29) is 5.56 Å². The summed E-state index contributed by atoms with van der Waals surface area (Å²) in [5, 5.41) is 7.98. The zero-order valence-electron chi connectivity index (χ0n) is 9.39. The molecule has 1 aromatic carbocycles. The van der Waals surface area contributed by atoms with Crippen LogP contribution in [0, 0.1) is 0 Å². The number of rotatable bonds is 4. The maximum Gasteiger partial charge on any atom is 0.534 e. The number of hydrogen-bond donors (Lipinski definition) is 1. The summed E-state index contributed by atoms with van der Waals surface area (Å²) < 4.78 is 61.7. The van der Waals surface area contributed by atoms with Crippen molar-refractivity contribution in [2.24, 2.45) is 0 Å². The van der Waals surface area contributed by atoms with E-state index in [1.807, 2.05) is 0 Å². The molecule has 0 heterocycles. The lowest BCUT2D eigenvalue weighted by molar-refractivity contribution is -0.131. The van der Waals surface area contributed by atoms with Gasteiger partial charge in [0, 0.05) is 6.08 Å². The molecule has 10 heteroatoms. The Morgan fingerprint density at radius 3 is 2.40 bits per heavy atom. The zero-order valence-corrected chi connectivity index (χ0v) is 11.0. The molecule has 1 N–H and O–H groups in total. The second kappa shape index (κ2) is 5.71. The Labute approximate surface area is 116 Å². The summed E-state index contributed by atoms with van der Waals surface area (Å²) in [7, 11) is -5.81. The third kappa shape index (κ3) is 4.14. The molecule has 0 amide bonds. The van der Waals surface area contributed by atoms with E-state index in [4.69, 9.17) is 16.7 Å². The largest absolute Gasteiger partial charge is 0.534 e. The third-order valence-corrected chi connectivity index (χ3v) is 3.12. The topological polar surface area (TPSA) is 80.7 Å². The fraction of sp³-hybridized carbons (Fsp3) is 0.100. The molecule has 0 aliphatic carbocycles. The van der Waals surface area contributed by atoms with E-state index >= 15 is 0 Å². The summed E-state index contributed by atoms with van der Waals surface area (Å²) in [6, 6.07) is 3.09. The molecule has 0 saturated heterocycles. The molecule has 0 aliphatic rings. The fourth-order valence-corrected chi connectivity index (χ4v) is 1.77. The predicted molar refractivity (Wildman–Crippen MR) is 63.7 cm³/mol. The Balaban J connectivity index is 3.04. The van der Waals surface area contributed by atoms with Gasteiger partial charge in [-0.25, -0.2) is 4.79 Å². The highest BCUT2D eigenvalue weighted by atomic mass is 35.5. The van der Waals surface area contributed by atoms with Crippen molar-refractivity contribution in [3.05, 3.63) is 34.9 Å². The average Bonchev–Trinajstić information content (AvgIpc) is 2.28. The van der Waals surface area contributed by atoms with Crippen molar-refractivity contribution in [2.45, 2.75) is 5.51 Å². The first-order chi connectivity index (χ1) is 9.03. The standard InChI is InChI=1S/C10H6ClF3O5S/c11-7-5-6(2-4-9(15)16)1-3-8(7)19-20(17,18)10(12,13)14/h1-5H,(H,15,16)/b4-2+. The monoisotopic (exact) mass is 330 g/mol.